The minimum absolute atomic E-state index is 0.0931. The summed E-state index contributed by atoms with van der Waals surface area (Å²) in [5.74, 6) is 0.0853. The Morgan fingerprint density at radius 1 is 1.03 bits per heavy atom. The van der Waals surface area contributed by atoms with Crippen LogP contribution in [0.1, 0.15) is 5.56 Å². The number of furan rings is 1. The van der Waals surface area contributed by atoms with Gasteiger partial charge >= 0.3 is 0 Å². The zero-order chi connectivity index (χ0) is 20.4. The average molecular weight is 410 g/mol. The Morgan fingerprint density at radius 2 is 1.86 bits per heavy atom. The van der Waals surface area contributed by atoms with Crippen LogP contribution in [0, 0.1) is 5.82 Å². The molecule has 1 N–H and O–H groups in total. The fourth-order valence-electron chi connectivity index (χ4n) is 3.23. The summed E-state index contributed by atoms with van der Waals surface area (Å²) in [6.45, 7) is 0.455. The van der Waals surface area contributed by atoms with Gasteiger partial charge in [0.2, 0.25) is 0 Å². The predicted octanol–water partition coefficient (Wildman–Crippen LogP) is 4.51. The van der Waals surface area contributed by atoms with Crippen molar-refractivity contribution in [1.29, 1.82) is 0 Å². The van der Waals surface area contributed by atoms with Gasteiger partial charge in [0.15, 0.2) is 0 Å². The van der Waals surface area contributed by atoms with E-state index in [9.17, 15) is 12.8 Å². The molecule has 7 heteroatoms. The highest BCUT2D eigenvalue weighted by molar-refractivity contribution is 7.90. The molecule has 5 nitrogen and oxygen atoms in total. The Bertz CT molecular complexity index is 1240. The first-order valence-electron chi connectivity index (χ1n) is 9.01. The number of halogens is 1. The summed E-state index contributed by atoms with van der Waals surface area (Å²) >= 11 is 0. The highest BCUT2D eigenvalue weighted by Crippen LogP contribution is 2.30. The van der Waals surface area contributed by atoms with E-state index in [-0.39, 0.29) is 16.2 Å². The number of hydrogen-bond acceptors (Lipinski definition) is 4. The van der Waals surface area contributed by atoms with Crippen molar-refractivity contribution in [3.63, 3.8) is 0 Å². The predicted molar refractivity (Wildman–Crippen MR) is 109 cm³/mol. The van der Waals surface area contributed by atoms with Crippen LogP contribution in [0.15, 0.2) is 88.5 Å². The van der Waals surface area contributed by atoms with Crippen LogP contribution in [0.25, 0.3) is 22.6 Å². The molecule has 0 aliphatic rings. The third kappa shape index (κ3) is 3.62. The molecule has 148 valence electrons. The molecular weight excluding hydrogens is 391 g/mol. The molecule has 0 saturated carbocycles. The molecule has 0 aliphatic heterocycles. The standard InChI is InChI=1S/C22H19FN2O3S/c1-24-14-16-12-21(19-8-2-3-9-20(19)23)25(15-16)29(26,27)18-7-4-6-17(13-18)22-10-5-11-28-22/h2-13,15,24H,14H2,1H3. The van der Waals surface area contributed by atoms with E-state index in [1.807, 2.05) is 0 Å². The van der Waals surface area contributed by atoms with Gasteiger partial charge in [0.05, 0.1) is 16.9 Å². The van der Waals surface area contributed by atoms with Gasteiger partial charge < -0.3 is 9.73 Å². The van der Waals surface area contributed by atoms with E-state index in [2.05, 4.69) is 5.32 Å². The first-order valence-corrected chi connectivity index (χ1v) is 10.4. The van der Waals surface area contributed by atoms with Crippen LogP contribution < -0.4 is 5.32 Å². The van der Waals surface area contributed by atoms with Crippen LogP contribution in [0.3, 0.4) is 0 Å². The minimum atomic E-state index is -3.97. The van der Waals surface area contributed by atoms with Gasteiger partial charge in [0.1, 0.15) is 11.6 Å². The summed E-state index contributed by atoms with van der Waals surface area (Å²) in [6, 6.07) is 17.8. The van der Waals surface area contributed by atoms with Gasteiger partial charge in [0, 0.05) is 23.9 Å². The van der Waals surface area contributed by atoms with Crippen LogP contribution in [0.2, 0.25) is 0 Å². The Labute approximate surface area is 168 Å². The molecule has 29 heavy (non-hydrogen) atoms. The number of nitrogens with one attached hydrogen (secondary N) is 1. The summed E-state index contributed by atoms with van der Waals surface area (Å²) in [7, 11) is -2.20. The van der Waals surface area contributed by atoms with Crippen LogP contribution in [-0.2, 0) is 16.6 Å². The van der Waals surface area contributed by atoms with Crippen molar-refractivity contribution in [2.75, 3.05) is 7.05 Å². The van der Waals surface area contributed by atoms with Crippen LogP contribution >= 0.6 is 0 Å². The normalized spacial score (nSPS) is 11.7. The lowest BCUT2D eigenvalue weighted by Crippen LogP contribution is -2.14. The number of hydrogen-bond donors (Lipinski definition) is 1. The molecule has 0 radical (unpaired) electrons. The van der Waals surface area contributed by atoms with E-state index in [1.165, 1.54) is 24.6 Å². The molecule has 2 aromatic heterocycles. The maximum atomic E-state index is 14.5. The number of nitrogens with zero attached hydrogens (tertiary/aromatic N) is 1. The lowest BCUT2D eigenvalue weighted by Gasteiger charge is -2.12. The van der Waals surface area contributed by atoms with Crippen molar-refractivity contribution in [2.24, 2.45) is 0 Å². The molecule has 0 unspecified atom stereocenters. The third-order valence-electron chi connectivity index (χ3n) is 4.57. The van der Waals surface area contributed by atoms with Gasteiger partial charge in [0.25, 0.3) is 10.0 Å². The van der Waals surface area contributed by atoms with E-state index in [4.69, 9.17) is 4.42 Å². The van der Waals surface area contributed by atoms with Gasteiger partial charge in [-0.15, -0.1) is 0 Å². The van der Waals surface area contributed by atoms with E-state index >= 15 is 0 Å². The fraction of sp³-hybridized carbons (Fsp3) is 0.0909. The molecule has 0 aliphatic carbocycles. The topological polar surface area (TPSA) is 64.2 Å². The van der Waals surface area contributed by atoms with Crippen molar-refractivity contribution in [3.05, 3.63) is 90.6 Å². The summed E-state index contributed by atoms with van der Waals surface area (Å²) in [5.41, 5.74) is 1.88. The van der Waals surface area contributed by atoms with E-state index in [1.54, 1.807) is 61.6 Å². The van der Waals surface area contributed by atoms with Gasteiger partial charge in [-0.25, -0.2) is 16.8 Å². The second-order valence-corrected chi connectivity index (χ2v) is 8.36. The molecule has 0 fully saturated rings. The molecule has 2 heterocycles. The molecule has 0 atom stereocenters. The fourth-order valence-corrected chi connectivity index (χ4v) is 4.67. The van der Waals surface area contributed by atoms with Crippen molar-refractivity contribution in [3.8, 4) is 22.6 Å². The summed E-state index contributed by atoms with van der Waals surface area (Å²) in [5, 5.41) is 3.00. The first kappa shape index (κ1) is 19.2. The second kappa shape index (κ2) is 7.69. The molecular formula is C22H19FN2O3S. The van der Waals surface area contributed by atoms with E-state index in [0.29, 0.717) is 17.9 Å². The summed E-state index contributed by atoms with van der Waals surface area (Å²) in [6.07, 6.45) is 3.05. The number of rotatable bonds is 6. The highest BCUT2D eigenvalue weighted by Gasteiger charge is 2.23. The van der Waals surface area contributed by atoms with E-state index < -0.39 is 15.8 Å². The third-order valence-corrected chi connectivity index (χ3v) is 6.24. The Morgan fingerprint density at radius 3 is 2.59 bits per heavy atom. The first-order chi connectivity index (χ1) is 14.0. The molecule has 0 bridgehead atoms. The lowest BCUT2D eigenvalue weighted by molar-refractivity contribution is 0.581. The summed E-state index contributed by atoms with van der Waals surface area (Å²) < 4.78 is 47.9. The minimum Gasteiger partial charge on any atom is -0.464 e. The van der Waals surface area contributed by atoms with Crippen LogP contribution in [0.5, 0.6) is 0 Å². The molecule has 0 saturated heterocycles. The molecule has 0 amide bonds. The Kier molecular flexibility index (Phi) is 5.08. The monoisotopic (exact) mass is 410 g/mol. The zero-order valence-corrected chi connectivity index (χ0v) is 16.5. The smallest absolute Gasteiger partial charge is 0.268 e. The number of benzene rings is 2. The Hall–Kier alpha value is -3.16. The van der Waals surface area contributed by atoms with Crippen LogP contribution in [-0.4, -0.2) is 19.4 Å². The zero-order valence-electron chi connectivity index (χ0n) is 15.7. The van der Waals surface area contributed by atoms with Gasteiger partial charge in [-0.1, -0.05) is 24.3 Å². The Balaban J connectivity index is 1.87. The summed E-state index contributed by atoms with van der Waals surface area (Å²) in [4.78, 5) is 0.0931. The van der Waals surface area contributed by atoms with Crippen molar-refractivity contribution < 1.29 is 17.2 Å². The maximum Gasteiger partial charge on any atom is 0.268 e. The SMILES string of the molecule is CNCc1cc(-c2ccccc2F)n(S(=O)(=O)c2cccc(-c3ccco3)c2)c1. The van der Waals surface area contributed by atoms with Gasteiger partial charge in [-0.3, -0.25) is 0 Å². The lowest BCUT2D eigenvalue weighted by atomic mass is 10.1. The molecule has 2 aromatic carbocycles. The molecule has 4 rings (SSSR count). The van der Waals surface area contributed by atoms with Crippen molar-refractivity contribution >= 4 is 10.0 Å². The number of aromatic nitrogens is 1. The van der Waals surface area contributed by atoms with Gasteiger partial charge in [-0.2, -0.15) is 0 Å². The highest BCUT2D eigenvalue weighted by atomic mass is 32.2. The second-order valence-electron chi connectivity index (χ2n) is 6.55. The van der Waals surface area contributed by atoms with Crippen LogP contribution in [0.4, 0.5) is 4.39 Å². The maximum absolute atomic E-state index is 14.5. The quantitative estimate of drug-likeness (QED) is 0.508. The molecule has 0 spiro atoms. The van der Waals surface area contributed by atoms with E-state index in [0.717, 1.165) is 9.54 Å². The average Bonchev–Trinajstić information content (AvgIpc) is 3.39. The molecule has 4 aromatic rings. The largest absolute Gasteiger partial charge is 0.464 e. The van der Waals surface area contributed by atoms with Crippen molar-refractivity contribution in [1.82, 2.24) is 9.29 Å². The van der Waals surface area contributed by atoms with Gasteiger partial charge in [-0.05, 0) is 55.1 Å². The van der Waals surface area contributed by atoms with Crippen molar-refractivity contribution in [2.45, 2.75) is 11.4 Å².